The quantitative estimate of drug-likeness (QED) is 0.683. The molecule has 17 heavy (non-hydrogen) atoms. The van der Waals surface area contributed by atoms with Crippen LogP contribution >= 0.6 is 0 Å². The third-order valence-corrected chi connectivity index (χ3v) is 3.44. The molecule has 1 saturated carbocycles. The van der Waals surface area contributed by atoms with Gasteiger partial charge in [0.05, 0.1) is 13.2 Å². The largest absolute Gasteiger partial charge is 0.383 e. The maximum atomic E-state index is 11.8. The standard InChI is InChI=1S/C13H26N2O2/c1-15(11-12-6-4-3-5-7-12)13(16)10-14-8-9-17-2/h12,14H,3-11H2,1-2H3. The Kier molecular flexibility index (Phi) is 7.21. The first-order valence-corrected chi connectivity index (χ1v) is 6.67. The van der Waals surface area contributed by atoms with Crippen molar-refractivity contribution in [1.82, 2.24) is 10.2 Å². The van der Waals surface area contributed by atoms with Gasteiger partial charge in [-0.2, -0.15) is 0 Å². The molecule has 0 unspecified atom stereocenters. The van der Waals surface area contributed by atoms with Crippen LogP contribution in [0.1, 0.15) is 32.1 Å². The van der Waals surface area contributed by atoms with Crippen LogP contribution in [-0.2, 0) is 9.53 Å². The molecule has 1 amide bonds. The van der Waals surface area contributed by atoms with Crippen molar-refractivity contribution >= 4 is 5.91 Å². The summed E-state index contributed by atoms with van der Waals surface area (Å²) in [4.78, 5) is 13.7. The highest BCUT2D eigenvalue weighted by atomic mass is 16.5. The summed E-state index contributed by atoms with van der Waals surface area (Å²) in [7, 11) is 3.58. The van der Waals surface area contributed by atoms with Crippen molar-refractivity contribution in [3.63, 3.8) is 0 Å². The van der Waals surface area contributed by atoms with E-state index in [1.807, 2.05) is 11.9 Å². The lowest BCUT2D eigenvalue weighted by Gasteiger charge is -2.27. The fourth-order valence-corrected chi connectivity index (χ4v) is 2.36. The molecule has 4 nitrogen and oxygen atoms in total. The molecule has 1 N–H and O–H groups in total. The topological polar surface area (TPSA) is 41.6 Å². The minimum absolute atomic E-state index is 0.187. The number of hydrogen-bond acceptors (Lipinski definition) is 3. The van der Waals surface area contributed by atoms with Gasteiger partial charge in [0, 0.05) is 27.2 Å². The van der Waals surface area contributed by atoms with Crippen molar-refractivity contribution in [1.29, 1.82) is 0 Å². The molecule has 0 bridgehead atoms. The summed E-state index contributed by atoms with van der Waals surface area (Å²) in [5.74, 6) is 0.906. The number of hydrogen-bond donors (Lipinski definition) is 1. The Balaban J connectivity index is 2.12. The van der Waals surface area contributed by atoms with E-state index in [0.29, 0.717) is 13.2 Å². The first-order chi connectivity index (χ1) is 8.24. The van der Waals surface area contributed by atoms with Gasteiger partial charge in [-0.1, -0.05) is 19.3 Å². The molecule has 0 aromatic carbocycles. The van der Waals surface area contributed by atoms with E-state index < -0.39 is 0 Å². The van der Waals surface area contributed by atoms with Gasteiger partial charge in [0.1, 0.15) is 0 Å². The summed E-state index contributed by atoms with van der Waals surface area (Å²) in [5, 5.41) is 3.09. The predicted molar refractivity (Wildman–Crippen MR) is 69.0 cm³/mol. The number of carbonyl (C=O) groups is 1. The van der Waals surface area contributed by atoms with E-state index in [0.717, 1.165) is 19.0 Å². The maximum absolute atomic E-state index is 11.8. The van der Waals surface area contributed by atoms with E-state index in [9.17, 15) is 4.79 Å². The van der Waals surface area contributed by atoms with Crippen LogP contribution in [0.2, 0.25) is 0 Å². The van der Waals surface area contributed by atoms with Crippen LogP contribution in [0.5, 0.6) is 0 Å². The molecule has 1 aliphatic rings. The first kappa shape index (κ1) is 14.5. The maximum Gasteiger partial charge on any atom is 0.236 e. The van der Waals surface area contributed by atoms with E-state index in [2.05, 4.69) is 5.32 Å². The van der Waals surface area contributed by atoms with Crippen LogP contribution in [0.4, 0.5) is 0 Å². The van der Waals surface area contributed by atoms with E-state index >= 15 is 0 Å². The summed E-state index contributed by atoms with van der Waals surface area (Å²) in [6.07, 6.45) is 6.60. The van der Waals surface area contributed by atoms with Gasteiger partial charge in [-0.15, -0.1) is 0 Å². The minimum atomic E-state index is 0.187. The minimum Gasteiger partial charge on any atom is -0.383 e. The van der Waals surface area contributed by atoms with Crippen LogP contribution in [0.25, 0.3) is 0 Å². The number of nitrogens with one attached hydrogen (secondary N) is 1. The lowest BCUT2D eigenvalue weighted by molar-refractivity contribution is -0.129. The predicted octanol–water partition coefficient (Wildman–Crippen LogP) is 1.26. The molecule has 0 atom stereocenters. The Morgan fingerprint density at radius 3 is 2.71 bits per heavy atom. The SMILES string of the molecule is COCCNCC(=O)N(C)CC1CCCCC1. The van der Waals surface area contributed by atoms with Crippen molar-refractivity contribution in [2.24, 2.45) is 5.92 Å². The summed E-state index contributed by atoms with van der Waals surface area (Å²) >= 11 is 0. The second kappa shape index (κ2) is 8.48. The highest BCUT2D eigenvalue weighted by Gasteiger charge is 2.17. The van der Waals surface area contributed by atoms with Crippen LogP contribution in [0.15, 0.2) is 0 Å². The van der Waals surface area contributed by atoms with Crippen LogP contribution in [0, 0.1) is 5.92 Å². The Hall–Kier alpha value is -0.610. The zero-order valence-corrected chi connectivity index (χ0v) is 11.2. The van der Waals surface area contributed by atoms with E-state index in [4.69, 9.17) is 4.74 Å². The lowest BCUT2D eigenvalue weighted by Crippen LogP contribution is -2.39. The summed E-state index contributed by atoms with van der Waals surface area (Å²) < 4.78 is 4.92. The number of methoxy groups -OCH3 is 1. The molecule has 0 heterocycles. The van der Waals surface area contributed by atoms with Crippen LogP contribution in [0.3, 0.4) is 0 Å². The van der Waals surface area contributed by atoms with E-state index in [-0.39, 0.29) is 5.91 Å². The number of rotatable bonds is 7. The second-order valence-corrected chi connectivity index (χ2v) is 4.95. The van der Waals surface area contributed by atoms with Crippen molar-refractivity contribution < 1.29 is 9.53 Å². The Morgan fingerprint density at radius 2 is 2.06 bits per heavy atom. The fourth-order valence-electron chi connectivity index (χ4n) is 2.36. The molecule has 0 aromatic heterocycles. The Morgan fingerprint density at radius 1 is 1.35 bits per heavy atom. The molecule has 100 valence electrons. The number of amides is 1. The van der Waals surface area contributed by atoms with Crippen molar-refractivity contribution in [3.8, 4) is 0 Å². The monoisotopic (exact) mass is 242 g/mol. The smallest absolute Gasteiger partial charge is 0.236 e. The number of carbonyl (C=O) groups excluding carboxylic acids is 1. The second-order valence-electron chi connectivity index (χ2n) is 4.95. The molecule has 1 fully saturated rings. The van der Waals surface area contributed by atoms with E-state index in [1.165, 1.54) is 32.1 Å². The van der Waals surface area contributed by atoms with Crippen molar-refractivity contribution in [2.45, 2.75) is 32.1 Å². The molecule has 1 rings (SSSR count). The van der Waals surface area contributed by atoms with Gasteiger partial charge >= 0.3 is 0 Å². The van der Waals surface area contributed by atoms with Crippen molar-refractivity contribution in [2.75, 3.05) is 40.4 Å². The van der Waals surface area contributed by atoms with Gasteiger partial charge in [0.2, 0.25) is 5.91 Å². The average molecular weight is 242 g/mol. The summed E-state index contributed by atoms with van der Waals surface area (Å²) in [5.41, 5.74) is 0. The van der Waals surface area contributed by atoms with Gasteiger partial charge in [-0.3, -0.25) is 4.79 Å². The summed E-state index contributed by atoms with van der Waals surface area (Å²) in [6, 6.07) is 0. The summed E-state index contributed by atoms with van der Waals surface area (Å²) in [6.45, 7) is 2.73. The Labute approximate surface area is 105 Å². The molecule has 0 aromatic rings. The molecule has 4 heteroatoms. The molecule has 0 aliphatic heterocycles. The molecular weight excluding hydrogens is 216 g/mol. The van der Waals surface area contributed by atoms with Gasteiger partial charge in [-0.25, -0.2) is 0 Å². The fraction of sp³-hybridized carbons (Fsp3) is 0.923. The zero-order valence-electron chi connectivity index (χ0n) is 11.2. The van der Waals surface area contributed by atoms with E-state index in [1.54, 1.807) is 7.11 Å². The normalized spacial score (nSPS) is 17.1. The van der Waals surface area contributed by atoms with Crippen LogP contribution < -0.4 is 5.32 Å². The highest BCUT2D eigenvalue weighted by molar-refractivity contribution is 5.77. The number of likely N-dealkylation sites (N-methyl/N-ethyl adjacent to an activating group) is 1. The third-order valence-electron chi connectivity index (χ3n) is 3.44. The van der Waals surface area contributed by atoms with Gasteiger partial charge in [0.25, 0.3) is 0 Å². The average Bonchev–Trinajstić information content (AvgIpc) is 2.35. The molecule has 0 radical (unpaired) electrons. The lowest BCUT2D eigenvalue weighted by atomic mass is 9.89. The van der Waals surface area contributed by atoms with Gasteiger partial charge < -0.3 is 15.0 Å². The number of ether oxygens (including phenoxy) is 1. The number of nitrogens with zero attached hydrogens (tertiary/aromatic N) is 1. The molecule has 0 saturated heterocycles. The van der Waals surface area contributed by atoms with Gasteiger partial charge in [0.15, 0.2) is 0 Å². The molecule has 0 spiro atoms. The molecule has 1 aliphatic carbocycles. The molecular formula is C13H26N2O2. The third kappa shape index (κ3) is 6.03. The zero-order chi connectivity index (χ0) is 12.5. The Bertz CT molecular complexity index is 215. The highest BCUT2D eigenvalue weighted by Crippen LogP contribution is 2.23. The van der Waals surface area contributed by atoms with Crippen molar-refractivity contribution in [3.05, 3.63) is 0 Å². The van der Waals surface area contributed by atoms with Crippen LogP contribution in [-0.4, -0.2) is 51.2 Å². The van der Waals surface area contributed by atoms with Gasteiger partial charge in [-0.05, 0) is 18.8 Å². The first-order valence-electron chi connectivity index (χ1n) is 6.67.